The number of aryl methyl sites for hydroxylation is 1. The van der Waals surface area contributed by atoms with Crippen molar-refractivity contribution in [2.24, 2.45) is 0 Å². The number of unbranched alkanes of at least 4 members (excludes halogenated alkanes) is 3. The molecule has 0 aliphatic carbocycles. The van der Waals surface area contributed by atoms with Gasteiger partial charge >= 0.3 is 0 Å². The molecule has 0 saturated heterocycles. The number of hydrogen-bond donors (Lipinski definition) is 1. The lowest BCUT2D eigenvalue weighted by molar-refractivity contribution is 0.415. The number of H-pyrrole nitrogens is 1. The Morgan fingerprint density at radius 2 is 1.70 bits per heavy atom. The molecule has 0 bridgehead atoms. The topological polar surface area (TPSA) is 25.0 Å². The van der Waals surface area contributed by atoms with Crippen LogP contribution in [0.3, 0.4) is 0 Å². The maximum Gasteiger partial charge on any atom is 0.118 e. The Bertz CT molecular complexity index is 755. The van der Waals surface area contributed by atoms with E-state index in [9.17, 15) is 0 Å². The van der Waals surface area contributed by atoms with E-state index in [0.717, 1.165) is 12.2 Å². The van der Waals surface area contributed by atoms with E-state index in [1.807, 2.05) is 12.1 Å². The van der Waals surface area contributed by atoms with Crippen LogP contribution in [0.4, 0.5) is 0 Å². The first kappa shape index (κ1) is 15.7. The van der Waals surface area contributed by atoms with Crippen LogP contribution in [-0.2, 0) is 6.42 Å². The van der Waals surface area contributed by atoms with E-state index in [2.05, 4.69) is 48.3 Å². The molecule has 0 fully saturated rings. The van der Waals surface area contributed by atoms with Crippen LogP contribution >= 0.6 is 0 Å². The minimum Gasteiger partial charge on any atom is -0.497 e. The zero-order chi connectivity index (χ0) is 16.1. The van der Waals surface area contributed by atoms with Crippen LogP contribution < -0.4 is 4.74 Å². The predicted octanol–water partition coefficient (Wildman–Crippen LogP) is 5.97. The quantitative estimate of drug-likeness (QED) is 0.535. The summed E-state index contributed by atoms with van der Waals surface area (Å²) in [4.78, 5) is 3.64. The van der Waals surface area contributed by atoms with Gasteiger partial charge in [0.25, 0.3) is 0 Å². The van der Waals surface area contributed by atoms with Crippen LogP contribution in [0.15, 0.2) is 48.5 Å². The van der Waals surface area contributed by atoms with Gasteiger partial charge in [-0.15, -0.1) is 0 Å². The second-order valence-corrected chi connectivity index (χ2v) is 6.06. The molecule has 1 heterocycles. The highest BCUT2D eigenvalue weighted by Crippen LogP contribution is 2.34. The van der Waals surface area contributed by atoms with Crippen LogP contribution in [-0.4, -0.2) is 12.1 Å². The van der Waals surface area contributed by atoms with Crippen molar-refractivity contribution < 1.29 is 4.74 Å². The average Bonchev–Trinajstić information content (AvgIpc) is 2.97. The Kier molecular flexibility index (Phi) is 5.02. The smallest absolute Gasteiger partial charge is 0.118 e. The molecule has 0 atom stereocenters. The maximum absolute atomic E-state index is 5.29. The number of rotatable bonds is 7. The van der Waals surface area contributed by atoms with Crippen molar-refractivity contribution in [3.8, 4) is 16.9 Å². The van der Waals surface area contributed by atoms with Crippen LogP contribution in [0, 0.1) is 0 Å². The molecule has 0 aliphatic heterocycles. The standard InChI is InChI=1S/C21H25NO/c1-3-4-5-6-11-20-21(16-12-14-17(23-2)15-13-16)18-9-7-8-10-19(18)22-20/h7-10,12-15,22H,3-6,11H2,1-2H3. The van der Waals surface area contributed by atoms with Crippen LogP contribution in [0.5, 0.6) is 5.75 Å². The monoisotopic (exact) mass is 307 g/mol. The van der Waals surface area contributed by atoms with Gasteiger partial charge in [0.15, 0.2) is 0 Å². The summed E-state index contributed by atoms with van der Waals surface area (Å²) in [7, 11) is 1.71. The van der Waals surface area contributed by atoms with Gasteiger partial charge in [-0.1, -0.05) is 56.5 Å². The summed E-state index contributed by atoms with van der Waals surface area (Å²) < 4.78 is 5.29. The number of fused-ring (bicyclic) bond motifs is 1. The SMILES string of the molecule is CCCCCCc1[nH]c2ccccc2c1-c1ccc(OC)cc1. The molecule has 120 valence electrons. The first-order chi connectivity index (χ1) is 11.3. The predicted molar refractivity (Wildman–Crippen MR) is 98.1 cm³/mol. The van der Waals surface area contributed by atoms with Crippen molar-refractivity contribution in [2.45, 2.75) is 39.0 Å². The van der Waals surface area contributed by atoms with Crippen molar-refractivity contribution in [1.29, 1.82) is 0 Å². The van der Waals surface area contributed by atoms with Crippen molar-refractivity contribution >= 4 is 10.9 Å². The Labute approximate surface area is 138 Å². The van der Waals surface area contributed by atoms with Gasteiger partial charge in [-0.3, -0.25) is 0 Å². The van der Waals surface area contributed by atoms with E-state index < -0.39 is 0 Å². The van der Waals surface area contributed by atoms with E-state index in [-0.39, 0.29) is 0 Å². The number of methoxy groups -OCH3 is 1. The van der Waals surface area contributed by atoms with E-state index in [4.69, 9.17) is 4.74 Å². The molecule has 2 nitrogen and oxygen atoms in total. The van der Waals surface area contributed by atoms with Crippen molar-refractivity contribution in [3.63, 3.8) is 0 Å². The fraction of sp³-hybridized carbons (Fsp3) is 0.333. The van der Waals surface area contributed by atoms with Gasteiger partial charge in [0.2, 0.25) is 0 Å². The summed E-state index contributed by atoms with van der Waals surface area (Å²) in [6.45, 7) is 2.26. The summed E-state index contributed by atoms with van der Waals surface area (Å²) in [5, 5.41) is 1.31. The third-order valence-electron chi connectivity index (χ3n) is 4.44. The van der Waals surface area contributed by atoms with Gasteiger partial charge < -0.3 is 9.72 Å². The van der Waals surface area contributed by atoms with Crippen molar-refractivity contribution in [2.75, 3.05) is 7.11 Å². The minimum atomic E-state index is 0.901. The number of benzene rings is 2. The first-order valence-corrected chi connectivity index (χ1v) is 8.57. The lowest BCUT2D eigenvalue weighted by Gasteiger charge is -2.07. The summed E-state index contributed by atoms with van der Waals surface area (Å²) in [6.07, 6.45) is 6.24. The van der Waals surface area contributed by atoms with E-state index in [1.165, 1.54) is 53.4 Å². The summed E-state index contributed by atoms with van der Waals surface area (Å²) >= 11 is 0. The van der Waals surface area contributed by atoms with Crippen LogP contribution in [0.2, 0.25) is 0 Å². The number of aromatic amines is 1. The molecule has 0 amide bonds. The van der Waals surface area contributed by atoms with Gasteiger partial charge in [-0.25, -0.2) is 0 Å². The van der Waals surface area contributed by atoms with Crippen molar-refractivity contribution in [1.82, 2.24) is 4.98 Å². The molecule has 1 N–H and O–H groups in total. The molecule has 3 rings (SSSR count). The van der Waals surface area contributed by atoms with Gasteiger partial charge in [0, 0.05) is 22.2 Å². The second-order valence-electron chi connectivity index (χ2n) is 6.06. The summed E-state index contributed by atoms with van der Waals surface area (Å²) in [5.74, 6) is 0.901. The number of nitrogens with one attached hydrogen (secondary N) is 1. The molecule has 0 unspecified atom stereocenters. The van der Waals surface area contributed by atoms with E-state index in [1.54, 1.807) is 7.11 Å². The summed E-state index contributed by atoms with van der Waals surface area (Å²) in [6, 6.07) is 17.0. The zero-order valence-electron chi connectivity index (χ0n) is 14.1. The Morgan fingerprint density at radius 3 is 2.43 bits per heavy atom. The van der Waals surface area contributed by atoms with Gasteiger partial charge in [0.05, 0.1) is 7.11 Å². The molecule has 3 aromatic rings. The third-order valence-corrected chi connectivity index (χ3v) is 4.44. The van der Waals surface area contributed by atoms with Crippen LogP contribution in [0.25, 0.3) is 22.0 Å². The third kappa shape index (κ3) is 3.42. The minimum absolute atomic E-state index is 0.901. The van der Waals surface area contributed by atoms with Crippen molar-refractivity contribution in [3.05, 3.63) is 54.2 Å². The Hall–Kier alpha value is -2.22. The average molecular weight is 307 g/mol. The molecule has 23 heavy (non-hydrogen) atoms. The number of aromatic nitrogens is 1. The molecular formula is C21H25NO. The molecule has 0 saturated carbocycles. The maximum atomic E-state index is 5.29. The normalized spacial score (nSPS) is 11.0. The van der Waals surface area contributed by atoms with E-state index >= 15 is 0 Å². The van der Waals surface area contributed by atoms with Gasteiger partial charge in [-0.05, 0) is 36.6 Å². The Morgan fingerprint density at radius 1 is 0.913 bits per heavy atom. The summed E-state index contributed by atoms with van der Waals surface area (Å²) in [5.41, 5.74) is 5.18. The second kappa shape index (κ2) is 7.36. The molecule has 0 aliphatic rings. The molecular weight excluding hydrogens is 282 g/mol. The lowest BCUT2D eigenvalue weighted by atomic mass is 9.99. The van der Waals surface area contributed by atoms with Gasteiger partial charge in [-0.2, -0.15) is 0 Å². The Balaban J connectivity index is 1.97. The molecule has 1 aromatic heterocycles. The number of ether oxygens (including phenoxy) is 1. The van der Waals surface area contributed by atoms with Crippen LogP contribution in [0.1, 0.15) is 38.3 Å². The van der Waals surface area contributed by atoms with Gasteiger partial charge in [0.1, 0.15) is 5.75 Å². The lowest BCUT2D eigenvalue weighted by Crippen LogP contribution is -1.90. The number of hydrogen-bond acceptors (Lipinski definition) is 1. The molecule has 2 aromatic carbocycles. The fourth-order valence-electron chi connectivity index (χ4n) is 3.20. The first-order valence-electron chi connectivity index (χ1n) is 8.57. The highest BCUT2D eigenvalue weighted by molar-refractivity contribution is 5.97. The molecule has 0 spiro atoms. The zero-order valence-corrected chi connectivity index (χ0v) is 14.1. The highest BCUT2D eigenvalue weighted by atomic mass is 16.5. The highest BCUT2D eigenvalue weighted by Gasteiger charge is 2.13. The largest absolute Gasteiger partial charge is 0.497 e. The number of para-hydroxylation sites is 1. The molecule has 2 heteroatoms. The molecule has 0 radical (unpaired) electrons. The fourth-order valence-corrected chi connectivity index (χ4v) is 3.20. The van der Waals surface area contributed by atoms with E-state index in [0.29, 0.717) is 0 Å².